The lowest BCUT2D eigenvalue weighted by Gasteiger charge is -2.25. The fourth-order valence-electron chi connectivity index (χ4n) is 1.91. The number of anilines is 1. The van der Waals surface area contributed by atoms with Gasteiger partial charge >= 0.3 is 0 Å². The predicted molar refractivity (Wildman–Crippen MR) is 82.3 cm³/mol. The topological polar surface area (TPSA) is 67.3 Å². The van der Waals surface area contributed by atoms with Gasteiger partial charge in [0.1, 0.15) is 5.60 Å². The van der Waals surface area contributed by atoms with Crippen molar-refractivity contribution in [3.05, 3.63) is 48.3 Å². The van der Waals surface area contributed by atoms with E-state index >= 15 is 0 Å². The number of hydrogen-bond donors (Lipinski definition) is 2. The van der Waals surface area contributed by atoms with Crippen molar-refractivity contribution in [2.75, 3.05) is 11.9 Å². The van der Waals surface area contributed by atoms with Gasteiger partial charge in [-0.25, -0.2) is 9.97 Å². The van der Waals surface area contributed by atoms with Crippen LogP contribution in [0.1, 0.15) is 26.3 Å². The van der Waals surface area contributed by atoms with Crippen LogP contribution in [0, 0.1) is 0 Å². The molecule has 0 aliphatic carbocycles. The van der Waals surface area contributed by atoms with E-state index in [9.17, 15) is 5.11 Å². The zero-order valence-electron chi connectivity index (χ0n) is 12.6. The van der Waals surface area contributed by atoms with E-state index in [2.05, 4.69) is 15.3 Å². The molecule has 1 atom stereocenters. The van der Waals surface area contributed by atoms with Crippen LogP contribution in [0.15, 0.2) is 42.7 Å². The van der Waals surface area contributed by atoms with E-state index in [0.717, 1.165) is 5.56 Å². The van der Waals surface area contributed by atoms with Crippen LogP contribution >= 0.6 is 0 Å². The maximum atomic E-state index is 10.6. The first-order valence-electron chi connectivity index (χ1n) is 6.98. The molecule has 1 unspecified atom stereocenters. The largest absolute Gasteiger partial charge is 0.472 e. The molecule has 5 nitrogen and oxygen atoms in total. The van der Waals surface area contributed by atoms with Crippen molar-refractivity contribution in [1.82, 2.24) is 9.97 Å². The number of nitrogens with one attached hydrogen (secondary N) is 1. The summed E-state index contributed by atoms with van der Waals surface area (Å²) in [6.07, 6.45) is 3.18. The Morgan fingerprint density at radius 3 is 2.52 bits per heavy atom. The maximum Gasteiger partial charge on any atom is 0.257 e. The van der Waals surface area contributed by atoms with Crippen molar-refractivity contribution >= 4 is 5.82 Å². The fourth-order valence-corrected chi connectivity index (χ4v) is 1.91. The maximum absolute atomic E-state index is 10.6. The van der Waals surface area contributed by atoms with E-state index in [1.54, 1.807) is 19.3 Å². The molecule has 0 bridgehead atoms. The molecule has 0 spiro atoms. The highest BCUT2D eigenvalue weighted by atomic mass is 16.5. The molecule has 0 radical (unpaired) electrons. The molecule has 21 heavy (non-hydrogen) atoms. The molecule has 0 aliphatic heterocycles. The van der Waals surface area contributed by atoms with Crippen LogP contribution in [-0.2, 0) is 5.60 Å². The second kappa shape index (κ2) is 6.54. The molecular weight excluding hydrogens is 266 g/mol. The quantitative estimate of drug-likeness (QED) is 0.854. The van der Waals surface area contributed by atoms with E-state index in [1.165, 1.54) is 0 Å². The molecule has 2 N–H and O–H groups in total. The van der Waals surface area contributed by atoms with Gasteiger partial charge in [0, 0.05) is 18.9 Å². The minimum absolute atomic E-state index is 0.0110. The Balaban J connectivity index is 2.09. The predicted octanol–water partition coefficient (Wildman–Crippen LogP) is 2.58. The molecule has 0 amide bonds. The fraction of sp³-hybridized carbons (Fsp3) is 0.375. The lowest BCUT2D eigenvalue weighted by molar-refractivity contribution is 0.0713. The average Bonchev–Trinajstić information content (AvgIpc) is 2.47. The van der Waals surface area contributed by atoms with Gasteiger partial charge in [-0.05, 0) is 26.3 Å². The number of rotatable bonds is 6. The van der Waals surface area contributed by atoms with E-state index in [1.807, 2.05) is 44.2 Å². The zero-order valence-corrected chi connectivity index (χ0v) is 12.6. The summed E-state index contributed by atoms with van der Waals surface area (Å²) in [5, 5.41) is 13.7. The van der Waals surface area contributed by atoms with Gasteiger partial charge in [-0.3, -0.25) is 0 Å². The summed E-state index contributed by atoms with van der Waals surface area (Å²) in [4.78, 5) is 8.38. The van der Waals surface area contributed by atoms with Gasteiger partial charge < -0.3 is 15.2 Å². The summed E-state index contributed by atoms with van der Waals surface area (Å²) in [6, 6.07) is 9.51. The molecule has 0 fully saturated rings. The summed E-state index contributed by atoms with van der Waals surface area (Å²) < 4.78 is 5.60. The SMILES string of the molecule is CC(C)Oc1nccnc1NCC(C)(O)c1ccccc1. The Bertz CT molecular complexity index is 571. The first-order valence-corrected chi connectivity index (χ1v) is 6.98. The van der Waals surface area contributed by atoms with E-state index in [-0.39, 0.29) is 6.10 Å². The van der Waals surface area contributed by atoms with Crippen molar-refractivity contribution in [3.63, 3.8) is 0 Å². The van der Waals surface area contributed by atoms with Gasteiger partial charge in [0.2, 0.25) is 0 Å². The van der Waals surface area contributed by atoms with Crippen molar-refractivity contribution < 1.29 is 9.84 Å². The summed E-state index contributed by atoms with van der Waals surface area (Å²) in [5.41, 5.74) is -0.166. The highest BCUT2D eigenvalue weighted by Crippen LogP contribution is 2.23. The monoisotopic (exact) mass is 287 g/mol. The minimum atomic E-state index is -1.01. The number of benzene rings is 1. The number of aliphatic hydroxyl groups is 1. The molecule has 0 saturated heterocycles. The second-order valence-electron chi connectivity index (χ2n) is 5.37. The highest BCUT2D eigenvalue weighted by Gasteiger charge is 2.23. The lowest BCUT2D eigenvalue weighted by atomic mass is 9.96. The Morgan fingerprint density at radius 2 is 1.86 bits per heavy atom. The van der Waals surface area contributed by atoms with Crippen LogP contribution in [0.25, 0.3) is 0 Å². The molecule has 1 aromatic carbocycles. The van der Waals surface area contributed by atoms with E-state index < -0.39 is 5.60 Å². The van der Waals surface area contributed by atoms with Gasteiger partial charge in [0.25, 0.3) is 5.88 Å². The van der Waals surface area contributed by atoms with Crippen molar-refractivity contribution in [3.8, 4) is 5.88 Å². The number of hydrogen-bond acceptors (Lipinski definition) is 5. The van der Waals surface area contributed by atoms with Gasteiger partial charge in [-0.2, -0.15) is 0 Å². The molecule has 2 aromatic rings. The van der Waals surface area contributed by atoms with Gasteiger partial charge in [0.15, 0.2) is 5.82 Å². The molecule has 2 rings (SSSR count). The van der Waals surface area contributed by atoms with Crippen LogP contribution in [-0.4, -0.2) is 27.7 Å². The standard InChI is InChI=1S/C16H21N3O2/c1-12(2)21-15-14(17-9-10-18-15)19-11-16(3,20)13-7-5-4-6-8-13/h4-10,12,20H,11H2,1-3H3,(H,17,19). The van der Waals surface area contributed by atoms with Gasteiger partial charge in [-0.15, -0.1) is 0 Å². The molecule has 0 aliphatic rings. The molecule has 1 aromatic heterocycles. The molecule has 5 heteroatoms. The van der Waals surface area contributed by atoms with Crippen LogP contribution in [0.4, 0.5) is 5.82 Å². The highest BCUT2D eigenvalue weighted by molar-refractivity contribution is 5.45. The van der Waals surface area contributed by atoms with E-state index in [0.29, 0.717) is 18.2 Å². The normalized spacial score (nSPS) is 13.8. The van der Waals surface area contributed by atoms with Crippen LogP contribution in [0.5, 0.6) is 5.88 Å². The van der Waals surface area contributed by atoms with Crippen LogP contribution in [0.3, 0.4) is 0 Å². The Labute approximate surface area is 125 Å². The number of nitrogens with zero attached hydrogens (tertiary/aromatic N) is 2. The number of ether oxygens (including phenoxy) is 1. The molecule has 0 saturated carbocycles. The second-order valence-corrected chi connectivity index (χ2v) is 5.37. The number of aromatic nitrogens is 2. The van der Waals surface area contributed by atoms with Gasteiger partial charge in [0.05, 0.1) is 6.10 Å². The smallest absolute Gasteiger partial charge is 0.257 e. The Morgan fingerprint density at radius 1 is 1.19 bits per heavy atom. The van der Waals surface area contributed by atoms with E-state index in [4.69, 9.17) is 4.74 Å². The molecule has 112 valence electrons. The summed E-state index contributed by atoms with van der Waals surface area (Å²) in [5.74, 6) is 0.971. The first-order chi connectivity index (χ1) is 9.99. The third kappa shape index (κ3) is 4.16. The van der Waals surface area contributed by atoms with Crippen molar-refractivity contribution in [1.29, 1.82) is 0 Å². The van der Waals surface area contributed by atoms with Crippen LogP contribution < -0.4 is 10.1 Å². The molecular formula is C16H21N3O2. The summed E-state index contributed by atoms with van der Waals surface area (Å²) >= 11 is 0. The van der Waals surface area contributed by atoms with Crippen molar-refractivity contribution in [2.24, 2.45) is 0 Å². The summed E-state index contributed by atoms with van der Waals surface area (Å²) in [7, 11) is 0. The lowest BCUT2D eigenvalue weighted by Crippen LogP contribution is -2.31. The third-order valence-corrected chi connectivity index (χ3v) is 3.01. The minimum Gasteiger partial charge on any atom is -0.472 e. The van der Waals surface area contributed by atoms with Crippen LogP contribution in [0.2, 0.25) is 0 Å². The Kier molecular flexibility index (Phi) is 4.75. The third-order valence-electron chi connectivity index (χ3n) is 3.01. The molecule has 1 heterocycles. The van der Waals surface area contributed by atoms with Gasteiger partial charge in [-0.1, -0.05) is 30.3 Å². The zero-order chi connectivity index (χ0) is 15.3. The average molecular weight is 287 g/mol. The van der Waals surface area contributed by atoms with Crippen molar-refractivity contribution in [2.45, 2.75) is 32.5 Å². The first kappa shape index (κ1) is 15.3. The Hall–Kier alpha value is -2.14. The summed E-state index contributed by atoms with van der Waals surface area (Å²) in [6.45, 7) is 5.93.